The third kappa shape index (κ3) is 4.24. The van der Waals surface area contributed by atoms with Crippen molar-refractivity contribution >= 4 is 17.5 Å². The van der Waals surface area contributed by atoms with Crippen molar-refractivity contribution in [2.45, 2.75) is 24.9 Å². The van der Waals surface area contributed by atoms with Gasteiger partial charge in [-0.15, -0.1) is 0 Å². The Morgan fingerprint density at radius 1 is 1.27 bits per heavy atom. The molecule has 7 heteroatoms. The van der Waals surface area contributed by atoms with Crippen molar-refractivity contribution in [3.63, 3.8) is 0 Å². The fraction of sp³-hybridized carbons (Fsp3) is 0.267. The van der Waals surface area contributed by atoms with E-state index >= 15 is 0 Å². The average Bonchev–Trinajstić information content (AvgIpc) is 2.47. The topological polar surface area (TPSA) is 62.8 Å². The lowest BCUT2D eigenvalue weighted by Gasteiger charge is -2.04. The first kappa shape index (κ1) is 16.4. The fourth-order valence-corrected chi connectivity index (χ4v) is 2.61. The first-order chi connectivity index (χ1) is 10.5. The van der Waals surface area contributed by atoms with Crippen molar-refractivity contribution in [2.24, 2.45) is 0 Å². The number of hydrogen-bond donors (Lipinski definition) is 1. The standard InChI is InChI=1S/C15H14F2N2O2S/c1-2-3-10-7-14(21)19-15(18-10)22-8-13(20)9-4-5-11(16)12(17)6-9/h4-7H,2-3,8H2,1H3,(H,18,19,21). The van der Waals surface area contributed by atoms with E-state index in [1.165, 1.54) is 12.1 Å². The molecule has 1 aromatic carbocycles. The van der Waals surface area contributed by atoms with Crippen LogP contribution in [0.15, 0.2) is 34.2 Å². The van der Waals surface area contributed by atoms with E-state index in [4.69, 9.17) is 0 Å². The number of ketones is 1. The molecule has 0 atom stereocenters. The highest BCUT2D eigenvalue weighted by Gasteiger charge is 2.11. The summed E-state index contributed by atoms with van der Waals surface area (Å²) >= 11 is 1.06. The third-order valence-corrected chi connectivity index (χ3v) is 3.73. The summed E-state index contributed by atoms with van der Waals surface area (Å²) in [7, 11) is 0. The van der Waals surface area contributed by atoms with E-state index in [1.807, 2.05) is 6.92 Å². The van der Waals surface area contributed by atoms with Crippen LogP contribution in [0.5, 0.6) is 0 Å². The van der Waals surface area contributed by atoms with Gasteiger partial charge in [0.15, 0.2) is 22.6 Å². The number of halogens is 2. The number of carbonyl (C=O) groups is 1. The number of nitrogens with zero attached hydrogens (tertiary/aromatic N) is 1. The summed E-state index contributed by atoms with van der Waals surface area (Å²) in [5, 5.41) is 0.340. The van der Waals surface area contributed by atoms with Crippen LogP contribution in [0.2, 0.25) is 0 Å². The molecular formula is C15H14F2N2O2S. The molecule has 1 heterocycles. The van der Waals surface area contributed by atoms with Crippen LogP contribution in [0.4, 0.5) is 8.78 Å². The summed E-state index contributed by atoms with van der Waals surface area (Å²) in [5.74, 6) is -2.45. The van der Waals surface area contributed by atoms with Crippen LogP contribution < -0.4 is 5.56 Å². The maximum Gasteiger partial charge on any atom is 0.251 e. The third-order valence-electron chi connectivity index (χ3n) is 2.86. The molecule has 0 unspecified atom stereocenters. The summed E-state index contributed by atoms with van der Waals surface area (Å²) in [6.07, 6.45) is 1.53. The molecule has 0 saturated carbocycles. The molecule has 0 amide bonds. The highest BCUT2D eigenvalue weighted by molar-refractivity contribution is 7.99. The molecule has 1 N–H and O–H groups in total. The van der Waals surface area contributed by atoms with Gasteiger partial charge in [0.05, 0.1) is 5.75 Å². The van der Waals surface area contributed by atoms with Crippen molar-refractivity contribution in [1.29, 1.82) is 0 Å². The summed E-state index contributed by atoms with van der Waals surface area (Å²) < 4.78 is 25.9. The first-order valence-corrected chi connectivity index (χ1v) is 7.69. The lowest BCUT2D eigenvalue weighted by molar-refractivity contribution is 0.102. The number of aromatic nitrogens is 2. The van der Waals surface area contributed by atoms with E-state index < -0.39 is 11.6 Å². The summed E-state index contributed by atoms with van der Waals surface area (Å²) in [4.78, 5) is 30.2. The van der Waals surface area contributed by atoms with Gasteiger partial charge in [0.1, 0.15) is 0 Å². The molecule has 116 valence electrons. The Kier molecular flexibility index (Phi) is 5.43. The average molecular weight is 324 g/mol. The fourth-order valence-electron chi connectivity index (χ4n) is 1.82. The van der Waals surface area contributed by atoms with Crippen LogP contribution in [0.3, 0.4) is 0 Å². The van der Waals surface area contributed by atoms with Gasteiger partial charge < -0.3 is 4.98 Å². The second-order valence-corrected chi connectivity index (χ2v) is 5.60. The number of thioether (sulfide) groups is 1. The van der Waals surface area contributed by atoms with Gasteiger partial charge in [-0.05, 0) is 24.6 Å². The molecular weight excluding hydrogens is 310 g/mol. The molecule has 0 aliphatic rings. The SMILES string of the molecule is CCCc1cc(=O)[nH]c(SCC(=O)c2ccc(F)c(F)c2)n1. The van der Waals surface area contributed by atoms with Gasteiger partial charge in [-0.1, -0.05) is 25.1 Å². The Bertz CT molecular complexity index is 747. The van der Waals surface area contributed by atoms with Crippen LogP contribution in [0.25, 0.3) is 0 Å². The monoisotopic (exact) mass is 324 g/mol. The van der Waals surface area contributed by atoms with Crippen molar-refractivity contribution in [3.8, 4) is 0 Å². The van der Waals surface area contributed by atoms with E-state index in [0.29, 0.717) is 17.3 Å². The lowest BCUT2D eigenvalue weighted by Crippen LogP contribution is -2.11. The molecule has 0 aliphatic heterocycles. The van der Waals surface area contributed by atoms with Gasteiger partial charge in [-0.2, -0.15) is 0 Å². The second kappa shape index (κ2) is 7.31. The molecule has 0 aliphatic carbocycles. The molecule has 0 radical (unpaired) electrons. The van der Waals surface area contributed by atoms with Crippen molar-refractivity contribution in [2.75, 3.05) is 5.75 Å². The second-order valence-electron chi connectivity index (χ2n) is 4.63. The van der Waals surface area contributed by atoms with Crippen LogP contribution >= 0.6 is 11.8 Å². The largest absolute Gasteiger partial charge is 0.301 e. The predicted octanol–water partition coefficient (Wildman–Crippen LogP) is 2.98. The summed E-state index contributed by atoms with van der Waals surface area (Å²) in [5.41, 5.74) is 0.466. The van der Waals surface area contributed by atoms with E-state index in [-0.39, 0.29) is 22.7 Å². The van der Waals surface area contributed by atoms with Gasteiger partial charge in [0, 0.05) is 17.3 Å². The van der Waals surface area contributed by atoms with Crippen molar-refractivity contribution < 1.29 is 13.6 Å². The number of Topliss-reactive ketones (excluding diaryl/α,β-unsaturated/α-hetero) is 1. The zero-order chi connectivity index (χ0) is 16.1. The normalized spacial score (nSPS) is 10.7. The van der Waals surface area contributed by atoms with Crippen molar-refractivity contribution in [3.05, 3.63) is 57.5 Å². The van der Waals surface area contributed by atoms with E-state index in [2.05, 4.69) is 9.97 Å². The minimum absolute atomic E-state index is 0.0242. The summed E-state index contributed by atoms with van der Waals surface area (Å²) in [6, 6.07) is 4.42. The number of benzene rings is 1. The number of H-pyrrole nitrogens is 1. The zero-order valence-corrected chi connectivity index (χ0v) is 12.7. The Morgan fingerprint density at radius 3 is 2.73 bits per heavy atom. The Hall–Kier alpha value is -2.02. The minimum Gasteiger partial charge on any atom is -0.301 e. The Morgan fingerprint density at radius 2 is 2.05 bits per heavy atom. The number of aryl methyl sites for hydroxylation is 1. The van der Waals surface area contributed by atoms with E-state index in [9.17, 15) is 18.4 Å². The molecule has 0 spiro atoms. The maximum absolute atomic E-state index is 13.1. The summed E-state index contributed by atoms with van der Waals surface area (Å²) in [6.45, 7) is 1.97. The number of aromatic amines is 1. The number of nitrogens with one attached hydrogen (secondary N) is 1. The first-order valence-electron chi connectivity index (χ1n) is 6.71. The Balaban J connectivity index is 2.07. The predicted molar refractivity (Wildman–Crippen MR) is 80.3 cm³/mol. The van der Waals surface area contributed by atoms with Crippen LogP contribution in [0.1, 0.15) is 29.4 Å². The molecule has 2 rings (SSSR count). The lowest BCUT2D eigenvalue weighted by atomic mass is 10.1. The molecule has 1 aromatic heterocycles. The number of rotatable bonds is 6. The molecule has 0 bridgehead atoms. The van der Waals surface area contributed by atoms with Crippen LogP contribution in [-0.2, 0) is 6.42 Å². The Labute approximate surface area is 130 Å². The molecule has 2 aromatic rings. The van der Waals surface area contributed by atoms with Crippen LogP contribution in [-0.4, -0.2) is 21.5 Å². The van der Waals surface area contributed by atoms with Crippen LogP contribution in [0, 0.1) is 11.6 Å². The maximum atomic E-state index is 13.1. The highest BCUT2D eigenvalue weighted by atomic mass is 32.2. The van der Waals surface area contributed by atoms with Gasteiger partial charge in [0.2, 0.25) is 0 Å². The highest BCUT2D eigenvalue weighted by Crippen LogP contribution is 2.16. The molecule has 4 nitrogen and oxygen atoms in total. The van der Waals surface area contributed by atoms with Gasteiger partial charge in [-0.25, -0.2) is 13.8 Å². The number of carbonyl (C=O) groups excluding carboxylic acids is 1. The quantitative estimate of drug-likeness (QED) is 0.504. The molecule has 0 saturated heterocycles. The van der Waals surface area contributed by atoms with E-state index in [0.717, 1.165) is 30.3 Å². The van der Waals surface area contributed by atoms with Gasteiger partial charge >= 0.3 is 0 Å². The van der Waals surface area contributed by atoms with Gasteiger partial charge in [0.25, 0.3) is 5.56 Å². The van der Waals surface area contributed by atoms with E-state index in [1.54, 1.807) is 0 Å². The number of hydrogen-bond acceptors (Lipinski definition) is 4. The minimum atomic E-state index is -1.06. The molecule has 22 heavy (non-hydrogen) atoms. The smallest absolute Gasteiger partial charge is 0.251 e. The van der Waals surface area contributed by atoms with Crippen molar-refractivity contribution in [1.82, 2.24) is 9.97 Å². The molecule has 0 fully saturated rings. The zero-order valence-electron chi connectivity index (χ0n) is 11.9. The van der Waals surface area contributed by atoms with Gasteiger partial charge in [-0.3, -0.25) is 9.59 Å².